The minimum Gasteiger partial charge on any atom is -0.478 e. The first-order valence-corrected chi connectivity index (χ1v) is 6.04. The largest absolute Gasteiger partial charge is 0.478 e. The van der Waals surface area contributed by atoms with E-state index in [9.17, 15) is 4.79 Å². The minimum atomic E-state index is -0.939. The Morgan fingerprint density at radius 1 is 1.50 bits per heavy atom. The van der Waals surface area contributed by atoms with Crippen LogP contribution in [0.5, 0.6) is 0 Å². The Morgan fingerprint density at radius 2 is 2.39 bits per heavy atom. The number of carboxylic acids is 1. The lowest BCUT2D eigenvalue weighted by Crippen LogP contribution is -2.20. The summed E-state index contributed by atoms with van der Waals surface area (Å²) in [6.07, 6.45) is 3.79. The summed E-state index contributed by atoms with van der Waals surface area (Å²) in [6.45, 7) is 1.48. The van der Waals surface area contributed by atoms with Gasteiger partial charge in [0.25, 0.3) is 0 Å². The maximum absolute atomic E-state index is 11.1. The van der Waals surface area contributed by atoms with Gasteiger partial charge >= 0.3 is 5.97 Å². The topological polar surface area (TPSA) is 64.3 Å². The Hall–Kier alpha value is -1.88. The number of fused-ring (bicyclic) bond motifs is 1. The summed E-state index contributed by atoms with van der Waals surface area (Å²) in [6, 6.07) is 5.50. The van der Waals surface area contributed by atoms with Gasteiger partial charge in [-0.25, -0.2) is 9.78 Å². The van der Waals surface area contributed by atoms with E-state index in [2.05, 4.69) is 4.98 Å². The fourth-order valence-corrected chi connectivity index (χ4v) is 2.46. The molecule has 2 heterocycles. The Morgan fingerprint density at radius 3 is 3.11 bits per heavy atom. The molecule has 5 heteroatoms. The predicted octanol–water partition coefficient (Wildman–Crippen LogP) is 2.09. The molecular formula is C13H14N2O3. The number of benzene rings is 1. The fraction of sp³-hybridized carbons (Fsp3) is 0.385. The number of carboxylic acid groups (broad SMARTS) is 1. The quantitative estimate of drug-likeness (QED) is 0.881. The van der Waals surface area contributed by atoms with Gasteiger partial charge in [-0.15, -0.1) is 0 Å². The number of aromatic nitrogens is 2. The highest BCUT2D eigenvalue weighted by Gasteiger charge is 2.19. The average molecular weight is 246 g/mol. The molecule has 3 rings (SSSR count). The molecule has 0 radical (unpaired) electrons. The van der Waals surface area contributed by atoms with Crippen molar-refractivity contribution in [2.45, 2.75) is 18.9 Å². The molecule has 1 saturated heterocycles. The molecule has 5 nitrogen and oxygen atoms in total. The molecule has 0 amide bonds. The molecule has 0 spiro atoms. The second-order valence-electron chi connectivity index (χ2n) is 4.50. The maximum atomic E-state index is 11.1. The number of nitrogens with zero attached hydrogens (tertiary/aromatic N) is 2. The number of carbonyl (C=O) groups is 1. The van der Waals surface area contributed by atoms with Gasteiger partial charge in [0.15, 0.2) is 0 Å². The lowest BCUT2D eigenvalue weighted by Gasteiger charge is -2.23. The Balaban J connectivity index is 2.08. The van der Waals surface area contributed by atoms with Crippen LogP contribution in [0.25, 0.3) is 11.0 Å². The molecule has 1 fully saturated rings. The fourth-order valence-electron chi connectivity index (χ4n) is 2.46. The van der Waals surface area contributed by atoms with Crippen molar-refractivity contribution in [1.82, 2.24) is 9.55 Å². The van der Waals surface area contributed by atoms with E-state index >= 15 is 0 Å². The third kappa shape index (κ3) is 1.76. The van der Waals surface area contributed by atoms with E-state index in [-0.39, 0.29) is 11.6 Å². The van der Waals surface area contributed by atoms with Gasteiger partial charge in [-0.05, 0) is 25.0 Å². The standard InChI is InChI=1S/C13H14N2O3/c16-13(17)10-4-1-5-11-12(10)14-8-15(11)9-3-2-6-18-7-9/h1,4-5,8-9H,2-3,6-7H2,(H,16,17). The van der Waals surface area contributed by atoms with E-state index in [4.69, 9.17) is 9.84 Å². The molecular weight excluding hydrogens is 232 g/mol. The van der Waals surface area contributed by atoms with Crippen LogP contribution in [0.1, 0.15) is 29.2 Å². The van der Waals surface area contributed by atoms with Gasteiger partial charge in [0.05, 0.1) is 30.1 Å². The van der Waals surface area contributed by atoms with Gasteiger partial charge in [-0.1, -0.05) is 6.07 Å². The summed E-state index contributed by atoms with van der Waals surface area (Å²) in [5, 5.41) is 9.13. The highest BCUT2D eigenvalue weighted by atomic mass is 16.5. The first-order valence-electron chi connectivity index (χ1n) is 6.04. The monoisotopic (exact) mass is 246 g/mol. The van der Waals surface area contributed by atoms with Crippen LogP contribution in [-0.4, -0.2) is 33.8 Å². The van der Waals surface area contributed by atoms with Gasteiger partial charge < -0.3 is 14.4 Å². The molecule has 1 aromatic carbocycles. The van der Waals surface area contributed by atoms with E-state index in [1.165, 1.54) is 0 Å². The Bertz CT molecular complexity index is 585. The predicted molar refractivity (Wildman–Crippen MR) is 65.8 cm³/mol. The van der Waals surface area contributed by atoms with Crippen LogP contribution in [0, 0.1) is 0 Å². The third-order valence-electron chi connectivity index (χ3n) is 3.36. The normalized spacial score (nSPS) is 20.1. The van der Waals surface area contributed by atoms with Gasteiger partial charge in [-0.3, -0.25) is 0 Å². The van der Waals surface area contributed by atoms with Crippen molar-refractivity contribution in [3.63, 3.8) is 0 Å². The maximum Gasteiger partial charge on any atom is 0.337 e. The van der Waals surface area contributed by atoms with Crippen LogP contribution in [0.3, 0.4) is 0 Å². The lowest BCUT2D eigenvalue weighted by atomic mass is 10.1. The van der Waals surface area contributed by atoms with Crippen molar-refractivity contribution >= 4 is 17.0 Å². The SMILES string of the molecule is O=C(O)c1cccc2c1ncn2C1CCCOC1. The third-order valence-corrected chi connectivity index (χ3v) is 3.36. The van der Waals surface area contributed by atoms with Crippen molar-refractivity contribution in [3.8, 4) is 0 Å². The van der Waals surface area contributed by atoms with E-state index in [1.807, 2.05) is 10.6 Å². The van der Waals surface area contributed by atoms with Crippen molar-refractivity contribution in [2.75, 3.05) is 13.2 Å². The summed E-state index contributed by atoms with van der Waals surface area (Å²) >= 11 is 0. The van der Waals surface area contributed by atoms with Crippen LogP contribution in [-0.2, 0) is 4.74 Å². The molecule has 0 saturated carbocycles. The van der Waals surface area contributed by atoms with E-state index in [0.717, 1.165) is 25.0 Å². The van der Waals surface area contributed by atoms with Crippen molar-refractivity contribution in [1.29, 1.82) is 0 Å². The van der Waals surface area contributed by atoms with E-state index < -0.39 is 5.97 Å². The first-order chi connectivity index (χ1) is 8.77. The molecule has 2 aromatic rings. The Kier molecular flexibility index (Phi) is 2.76. The van der Waals surface area contributed by atoms with Crippen LogP contribution in [0.4, 0.5) is 0 Å². The summed E-state index contributed by atoms with van der Waals surface area (Å²) in [7, 11) is 0. The Labute approximate surface area is 104 Å². The van der Waals surface area contributed by atoms with Crippen molar-refractivity contribution < 1.29 is 14.6 Å². The minimum absolute atomic E-state index is 0.253. The van der Waals surface area contributed by atoms with Gasteiger partial charge in [0.2, 0.25) is 0 Å². The summed E-state index contributed by atoms with van der Waals surface area (Å²) < 4.78 is 7.50. The number of rotatable bonds is 2. The summed E-state index contributed by atoms with van der Waals surface area (Å²) in [5.74, 6) is -0.939. The van der Waals surface area contributed by atoms with Crippen LogP contribution < -0.4 is 0 Å². The van der Waals surface area contributed by atoms with Gasteiger partial charge in [0.1, 0.15) is 5.52 Å². The molecule has 1 N–H and O–H groups in total. The zero-order valence-electron chi connectivity index (χ0n) is 9.87. The molecule has 1 aliphatic rings. The second kappa shape index (κ2) is 4.42. The number of aromatic carboxylic acids is 1. The smallest absolute Gasteiger partial charge is 0.337 e. The summed E-state index contributed by atoms with van der Waals surface area (Å²) in [5.41, 5.74) is 1.67. The summed E-state index contributed by atoms with van der Waals surface area (Å²) in [4.78, 5) is 15.4. The second-order valence-corrected chi connectivity index (χ2v) is 4.50. The van der Waals surface area contributed by atoms with Gasteiger partial charge in [0, 0.05) is 6.61 Å². The number of hydrogen-bond acceptors (Lipinski definition) is 3. The van der Waals surface area contributed by atoms with Crippen LogP contribution >= 0.6 is 0 Å². The molecule has 94 valence electrons. The number of para-hydroxylation sites is 1. The zero-order valence-corrected chi connectivity index (χ0v) is 9.87. The zero-order chi connectivity index (χ0) is 12.5. The lowest BCUT2D eigenvalue weighted by molar-refractivity contribution is 0.0605. The van der Waals surface area contributed by atoms with Crippen molar-refractivity contribution in [3.05, 3.63) is 30.1 Å². The van der Waals surface area contributed by atoms with E-state index in [1.54, 1.807) is 18.5 Å². The number of imidazole rings is 1. The highest BCUT2D eigenvalue weighted by Crippen LogP contribution is 2.25. The number of hydrogen-bond donors (Lipinski definition) is 1. The van der Waals surface area contributed by atoms with Crippen molar-refractivity contribution in [2.24, 2.45) is 0 Å². The van der Waals surface area contributed by atoms with Crippen LogP contribution in [0.15, 0.2) is 24.5 Å². The highest BCUT2D eigenvalue weighted by molar-refractivity contribution is 6.00. The molecule has 1 aromatic heterocycles. The van der Waals surface area contributed by atoms with Gasteiger partial charge in [-0.2, -0.15) is 0 Å². The molecule has 1 unspecified atom stereocenters. The first kappa shape index (κ1) is 11.2. The number of ether oxygens (including phenoxy) is 1. The molecule has 0 aliphatic carbocycles. The molecule has 0 bridgehead atoms. The molecule has 18 heavy (non-hydrogen) atoms. The van der Waals surface area contributed by atoms with Crippen LogP contribution in [0.2, 0.25) is 0 Å². The molecule has 1 aliphatic heterocycles. The molecule has 1 atom stereocenters. The average Bonchev–Trinajstić information content (AvgIpc) is 2.83. The van der Waals surface area contributed by atoms with E-state index in [0.29, 0.717) is 12.1 Å².